The summed E-state index contributed by atoms with van der Waals surface area (Å²) < 4.78 is 10.4. The van der Waals surface area contributed by atoms with Crippen LogP contribution in [-0.2, 0) is 0 Å². The van der Waals surface area contributed by atoms with E-state index in [1.165, 1.54) is 0 Å². The van der Waals surface area contributed by atoms with Crippen molar-refractivity contribution in [2.45, 2.75) is 0 Å². The Morgan fingerprint density at radius 2 is 1.17 bits per heavy atom. The molecule has 0 unspecified atom stereocenters. The maximum absolute atomic E-state index is 5.22. The molecule has 0 spiro atoms. The minimum atomic E-state index is 0.734. The summed E-state index contributed by atoms with van der Waals surface area (Å²) in [6.45, 7) is 0. The lowest BCUT2D eigenvalue weighted by Gasteiger charge is -1.76. The Balaban J connectivity index is 2.46. The van der Waals surface area contributed by atoms with Gasteiger partial charge >= 0.3 is 24.0 Å². The predicted octanol–water partition coefficient (Wildman–Crippen LogP) is 3.10. The molecule has 0 aliphatic rings. The van der Waals surface area contributed by atoms with Crippen LogP contribution in [0.15, 0.2) is 57.8 Å². The molecule has 0 bridgehead atoms. The van der Waals surface area contributed by atoms with Gasteiger partial charge in [0.05, 0.1) is 12.1 Å². The molecule has 0 aromatic carbocycles. The van der Waals surface area contributed by atoms with Crippen LogP contribution in [0.5, 0.6) is 0 Å². The fraction of sp³-hybridized carbons (Fsp3) is 0. The van der Waals surface area contributed by atoms with Gasteiger partial charge in [0, 0.05) is 12.1 Å². The van der Waals surface area contributed by atoms with Gasteiger partial charge in [-0.1, -0.05) is 0 Å². The Morgan fingerprint density at radius 1 is 0.667 bits per heavy atom. The summed E-state index contributed by atoms with van der Waals surface area (Å²) in [5.41, 5.74) is 0. The standard InChI is InChI=1S/C10H8O2/c1-3-7-11-9(5-1)10-6-2-4-8-12-10/h1-8H/q+2. The van der Waals surface area contributed by atoms with E-state index in [-0.39, 0.29) is 0 Å². The van der Waals surface area contributed by atoms with E-state index in [1.54, 1.807) is 12.5 Å². The highest BCUT2D eigenvalue weighted by molar-refractivity contribution is 5.47. The van der Waals surface area contributed by atoms with E-state index in [9.17, 15) is 0 Å². The molecule has 0 N–H and O–H groups in total. The van der Waals surface area contributed by atoms with Gasteiger partial charge in [0.15, 0.2) is 0 Å². The first-order valence-corrected chi connectivity index (χ1v) is 3.71. The summed E-state index contributed by atoms with van der Waals surface area (Å²) in [5, 5.41) is 0. The minimum absolute atomic E-state index is 0.734. The molecule has 2 aromatic rings. The van der Waals surface area contributed by atoms with Crippen molar-refractivity contribution in [1.29, 1.82) is 0 Å². The molecule has 2 nitrogen and oxygen atoms in total. The van der Waals surface area contributed by atoms with Gasteiger partial charge in [-0.2, -0.15) is 0 Å². The van der Waals surface area contributed by atoms with Crippen molar-refractivity contribution in [2.24, 2.45) is 0 Å². The van der Waals surface area contributed by atoms with E-state index in [4.69, 9.17) is 8.83 Å². The van der Waals surface area contributed by atoms with Crippen LogP contribution in [0.2, 0.25) is 0 Å². The second-order valence-electron chi connectivity index (χ2n) is 2.34. The lowest BCUT2D eigenvalue weighted by Crippen LogP contribution is -1.73. The van der Waals surface area contributed by atoms with Crippen LogP contribution >= 0.6 is 0 Å². The zero-order valence-corrected chi connectivity index (χ0v) is 6.44. The van der Waals surface area contributed by atoms with Crippen molar-refractivity contribution in [3.63, 3.8) is 0 Å². The van der Waals surface area contributed by atoms with Gasteiger partial charge in [0.2, 0.25) is 0 Å². The van der Waals surface area contributed by atoms with Gasteiger partial charge in [-0.3, -0.25) is 0 Å². The van der Waals surface area contributed by atoms with Gasteiger partial charge in [-0.25, -0.2) is 8.83 Å². The van der Waals surface area contributed by atoms with E-state index in [1.807, 2.05) is 36.4 Å². The third-order valence-electron chi connectivity index (χ3n) is 1.51. The average Bonchev–Trinajstić information content (AvgIpc) is 2.21. The van der Waals surface area contributed by atoms with E-state index >= 15 is 0 Å². The summed E-state index contributed by atoms with van der Waals surface area (Å²) in [4.78, 5) is 0. The number of rotatable bonds is 1. The first-order valence-electron chi connectivity index (χ1n) is 3.71. The molecule has 2 heteroatoms. The maximum atomic E-state index is 5.22. The Morgan fingerprint density at radius 3 is 1.50 bits per heavy atom. The van der Waals surface area contributed by atoms with Crippen molar-refractivity contribution in [3.8, 4) is 11.5 Å². The molecule has 0 fully saturated rings. The first kappa shape index (κ1) is 6.98. The fourth-order valence-corrected chi connectivity index (χ4v) is 0.961. The van der Waals surface area contributed by atoms with Crippen molar-refractivity contribution in [2.75, 3.05) is 0 Å². The van der Waals surface area contributed by atoms with Crippen LogP contribution < -0.4 is 0 Å². The molecule has 2 rings (SSSR count). The molecule has 0 aliphatic heterocycles. The molecule has 0 amide bonds. The molecule has 12 heavy (non-hydrogen) atoms. The molecule has 2 aromatic heterocycles. The molecule has 0 radical (unpaired) electrons. The number of hydrogen-bond donors (Lipinski definition) is 0. The Labute approximate surface area is 70.1 Å². The molecule has 58 valence electrons. The summed E-state index contributed by atoms with van der Waals surface area (Å²) >= 11 is 0. The minimum Gasteiger partial charge on any atom is -0.206 e. The summed E-state index contributed by atoms with van der Waals surface area (Å²) in [7, 11) is 0. The Hall–Kier alpha value is -1.70. The van der Waals surface area contributed by atoms with Crippen molar-refractivity contribution in [3.05, 3.63) is 48.9 Å². The highest BCUT2D eigenvalue weighted by atomic mass is 16.4. The molecular weight excluding hydrogens is 152 g/mol. The summed E-state index contributed by atoms with van der Waals surface area (Å²) in [6, 6.07) is 11.2. The van der Waals surface area contributed by atoms with Crippen molar-refractivity contribution in [1.82, 2.24) is 0 Å². The van der Waals surface area contributed by atoms with E-state index in [0.29, 0.717) is 0 Å². The molecule has 0 atom stereocenters. The lowest BCUT2D eigenvalue weighted by atomic mass is 10.3. The van der Waals surface area contributed by atoms with E-state index in [2.05, 4.69) is 0 Å². The third-order valence-corrected chi connectivity index (χ3v) is 1.51. The smallest absolute Gasteiger partial charge is 0.206 e. The Bertz CT molecular complexity index is 305. The SMILES string of the molecule is c1ccc(-c2cccc[o+]2)[o+]c1. The summed E-state index contributed by atoms with van der Waals surface area (Å²) in [6.07, 6.45) is 3.25. The quantitative estimate of drug-likeness (QED) is 0.598. The molecule has 0 saturated heterocycles. The highest BCUT2D eigenvalue weighted by Crippen LogP contribution is 2.17. The fourth-order valence-electron chi connectivity index (χ4n) is 0.961. The van der Waals surface area contributed by atoms with Crippen molar-refractivity contribution < 1.29 is 8.83 Å². The normalized spacial score (nSPS) is 9.67. The molecule has 2 heterocycles. The van der Waals surface area contributed by atoms with Crippen LogP contribution in [0.3, 0.4) is 0 Å². The van der Waals surface area contributed by atoms with Gasteiger partial charge in [0.1, 0.15) is 0 Å². The Kier molecular flexibility index (Phi) is 1.82. The topological polar surface area (TPSA) is 22.6 Å². The largest absolute Gasteiger partial charge is 0.455 e. The van der Waals surface area contributed by atoms with E-state index in [0.717, 1.165) is 11.5 Å². The average molecular weight is 160 g/mol. The molecular formula is C10H8O2+2. The second kappa shape index (κ2) is 3.13. The van der Waals surface area contributed by atoms with Crippen LogP contribution in [-0.4, -0.2) is 0 Å². The van der Waals surface area contributed by atoms with Gasteiger partial charge in [-0.15, -0.1) is 0 Å². The third kappa shape index (κ3) is 1.32. The van der Waals surface area contributed by atoms with Gasteiger partial charge in [-0.05, 0) is 12.1 Å². The highest BCUT2D eigenvalue weighted by Gasteiger charge is 2.20. The first-order chi connectivity index (χ1) is 5.97. The van der Waals surface area contributed by atoms with Crippen LogP contribution in [0.1, 0.15) is 0 Å². The predicted molar refractivity (Wildman–Crippen MR) is 45.2 cm³/mol. The zero-order valence-electron chi connectivity index (χ0n) is 6.44. The zero-order chi connectivity index (χ0) is 8.23. The number of hydrogen-bond acceptors (Lipinski definition) is 0. The second-order valence-corrected chi connectivity index (χ2v) is 2.34. The monoisotopic (exact) mass is 160 g/mol. The van der Waals surface area contributed by atoms with Crippen LogP contribution in [0.25, 0.3) is 11.5 Å². The van der Waals surface area contributed by atoms with Crippen LogP contribution in [0.4, 0.5) is 0 Å². The van der Waals surface area contributed by atoms with Gasteiger partial charge < -0.3 is 0 Å². The summed E-state index contributed by atoms with van der Waals surface area (Å²) in [5.74, 6) is 1.47. The van der Waals surface area contributed by atoms with Crippen LogP contribution in [0, 0.1) is 0 Å². The van der Waals surface area contributed by atoms with Gasteiger partial charge in [0.25, 0.3) is 0 Å². The maximum Gasteiger partial charge on any atom is 0.455 e. The molecule has 0 aliphatic carbocycles. The lowest BCUT2D eigenvalue weighted by molar-refractivity contribution is 0.506. The van der Waals surface area contributed by atoms with E-state index < -0.39 is 0 Å². The molecule has 0 saturated carbocycles. The van der Waals surface area contributed by atoms with Crippen molar-refractivity contribution >= 4 is 0 Å².